The van der Waals surface area contributed by atoms with Crippen molar-refractivity contribution in [3.63, 3.8) is 0 Å². The summed E-state index contributed by atoms with van der Waals surface area (Å²) in [6, 6.07) is 16.0. The third-order valence-electron chi connectivity index (χ3n) is 3.93. The highest BCUT2D eigenvalue weighted by atomic mass is 16.5. The Kier molecular flexibility index (Phi) is 8.73. The van der Waals surface area contributed by atoms with Gasteiger partial charge in [-0.05, 0) is 43.3 Å². The second kappa shape index (κ2) is 11.7. The molecule has 0 spiro atoms. The monoisotopic (exact) mass is 423 g/mol. The van der Waals surface area contributed by atoms with Gasteiger partial charge < -0.3 is 14.8 Å². The Balaban J connectivity index is 1.99. The summed E-state index contributed by atoms with van der Waals surface area (Å²) in [5.74, 6) is -2.38. The average molecular weight is 423 g/mol. The van der Waals surface area contributed by atoms with E-state index in [1.807, 2.05) is 0 Å². The van der Waals surface area contributed by atoms with Gasteiger partial charge in [0.15, 0.2) is 6.61 Å². The van der Waals surface area contributed by atoms with Gasteiger partial charge in [0.2, 0.25) is 5.91 Å². The van der Waals surface area contributed by atoms with Crippen molar-refractivity contribution in [2.24, 2.45) is 0 Å². The molecule has 0 bridgehead atoms. The van der Waals surface area contributed by atoms with Gasteiger partial charge in [-0.3, -0.25) is 19.3 Å². The average Bonchev–Trinajstić information content (AvgIpc) is 2.77. The van der Waals surface area contributed by atoms with Crippen LogP contribution in [0.1, 0.15) is 23.7 Å². The van der Waals surface area contributed by atoms with Crippen LogP contribution in [0.3, 0.4) is 0 Å². The van der Waals surface area contributed by atoms with Gasteiger partial charge in [0.25, 0.3) is 5.91 Å². The number of hydrogen-bond acceptors (Lipinski definition) is 7. The van der Waals surface area contributed by atoms with Gasteiger partial charge in [-0.2, -0.15) is 5.26 Å². The molecule has 9 heteroatoms. The lowest BCUT2D eigenvalue weighted by molar-refractivity contribution is -0.142. The molecule has 0 fully saturated rings. The van der Waals surface area contributed by atoms with E-state index in [0.717, 1.165) is 0 Å². The number of benzene rings is 2. The molecule has 0 saturated carbocycles. The molecule has 9 nitrogen and oxygen atoms in total. The first-order valence-corrected chi connectivity index (χ1v) is 9.39. The molecule has 2 amide bonds. The van der Waals surface area contributed by atoms with Crippen LogP contribution in [0.25, 0.3) is 0 Å². The molecule has 0 heterocycles. The minimum Gasteiger partial charge on any atom is -0.465 e. The van der Waals surface area contributed by atoms with Gasteiger partial charge in [0.1, 0.15) is 13.0 Å². The fourth-order valence-corrected chi connectivity index (χ4v) is 2.52. The molecule has 0 aliphatic carbocycles. The Morgan fingerprint density at radius 3 is 2.29 bits per heavy atom. The molecule has 0 aromatic heterocycles. The van der Waals surface area contributed by atoms with Gasteiger partial charge in [-0.1, -0.05) is 18.2 Å². The first-order chi connectivity index (χ1) is 14.9. The van der Waals surface area contributed by atoms with Crippen LogP contribution in [-0.4, -0.2) is 43.5 Å². The predicted octanol–water partition coefficient (Wildman–Crippen LogP) is 2.29. The predicted molar refractivity (Wildman–Crippen MR) is 111 cm³/mol. The number of hydrogen-bond donors (Lipinski definition) is 1. The van der Waals surface area contributed by atoms with Crippen molar-refractivity contribution in [2.45, 2.75) is 13.3 Å². The zero-order chi connectivity index (χ0) is 22.6. The van der Waals surface area contributed by atoms with Crippen LogP contribution in [0.15, 0.2) is 54.6 Å². The van der Waals surface area contributed by atoms with Crippen molar-refractivity contribution >= 4 is 35.1 Å². The van der Waals surface area contributed by atoms with Gasteiger partial charge >= 0.3 is 11.9 Å². The first kappa shape index (κ1) is 23.1. The Morgan fingerprint density at radius 1 is 1.00 bits per heavy atom. The Morgan fingerprint density at radius 2 is 1.68 bits per heavy atom. The molecule has 2 rings (SSSR count). The van der Waals surface area contributed by atoms with E-state index in [4.69, 9.17) is 14.7 Å². The number of esters is 2. The topological polar surface area (TPSA) is 126 Å². The Bertz CT molecular complexity index is 967. The summed E-state index contributed by atoms with van der Waals surface area (Å²) in [7, 11) is 0. The molecule has 2 aromatic rings. The molecule has 0 atom stereocenters. The van der Waals surface area contributed by atoms with Crippen molar-refractivity contribution in [3.05, 3.63) is 60.2 Å². The maximum atomic E-state index is 12.6. The number of nitrogens with zero attached hydrogens (tertiary/aromatic N) is 2. The second-order valence-electron chi connectivity index (χ2n) is 6.16. The number of anilines is 2. The fraction of sp³-hybridized carbons (Fsp3) is 0.227. The number of para-hydroxylation sites is 1. The van der Waals surface area contributed by atoms with E-state index in [2.05, 4.69) is 5.32 Å². The molecule has 0 radical (unpaired) electrons. The van der Waals surface area contributed by atoms with Crippen LogP contribution >= 0.6 is 0 Å². The smallest absolute Gasteiger partial charge is 0.338 e. The molecule has 0 saturated heterocycles. The van der Waals surface area contributed by atoms with E-state index >= 15 is 0 Å². The summed E-state index contributed by atoms with van der Waals surface area (Å²) in [5.41, 5.74) is 1.05. The van der Waals surface area contributed by atoms with Crippen LogP contribution in [0.4, 0.5) is 11.4 Å². The molecule has 2 aromatic carbocycles. The minimum atomic E-state index is -0.743. The molecule has 0 aliphatic rings. The Labute approximate surface area is 179 Å². The summed E-state index contributed by atoms with van der Waals surface area (Å²) >= 11 is 0. The highest BCUT2D eigenvalue weighted by molar-refractivity contribution is 6.00. The van der Waals surface area contributed by atoms with Crippen molar-refractivity contribution in [2.75, 3.05) is 30.0 Å². The minimum absolute atomic E-state index is 0.169. The van der Waals surface area contributed by atoms with Crippen molar-refractivity contribution in [1.29, 1.82) is 5.26 Å². The van der Waals surface area contributed by atoms with Gasteiger partial charge in [0, 0.05) is 11.4 Å². The molecule has 0 aliphatic heterocycles. The number of carbonyl (C=O) groups excluding carboxylic acids is 4. The number of amides is 2. The number of nitriles is 1. The van der Waals surface area contributed by atoms with Crippen LogP contribution in [0.2, 0.25) is 0 Å². The first-order valence-electron chi connectivity index (χ1n) is 9.39. The Hall–Kier alpha value is -4.19. The summed E-state index contributed by atoms with van der Waals surface area (Å²) < 4.78 is 9.99. The molecular formula is C22H21N3O6. The van der Waals surface area contributed by atoms with Crippen LogP contribution in [0, 0.1) is 11.3 Å². The van der Waals surface area contributed by atoms with Gasteiger partial charge in [-0.25, -0.2) is 4.79 Å². The maximum absolute atomic E-state index is 12.6. The maximum Gasteiger partial charge on any atom is 0.338 e. The normalized spacial score (nSPS) is 9.81. The van der Waals surface area contributed by atoms with Crippen molar-refractivity contribution < 1.29 is 28.7 Å². The zero-order valence-corrected chi connectivity index (χ0v) is 16.9. The molecule has 1 N–H and O–H groups in total. The van der Waals surface area contributed by atoms with Crippen molar-refractivity contribution in [3.8, 4) is 6.07 Å². The number of carbonyl (C=O) groups is 4. The summed E-state index contributed by atoms with van der Waals surface area (Å²) in [6.07, 6.45) is -0.282. The van der Waals surface area contributed by atoms with E-state index in [0.29, 0.717) is 11.4 Å². The quantitative estimate of drug-likeness (QED) is 0.613. The third-order valence-corrected chi connectivity index (χ3v) is 3.93. The molecule has 31 heavy (non-hydrogen) atoms. The number of rotatable bonds is 9. The third kappa shape index (κ3) is 7.29. The van der Waals surface area contributed by atoms with Crippen LogP contribution < -0.4 is 10.2 Å². The number of ether oxygens (including phenoxy) is 2. The van der Waals surface area contributed by atoms with E-state index < -0.39 is 30.4 Å². The van der Waals surface area contributed by atoms with Gasteiger partial charge in [0.05, 0.1) is 18.2 Å². The molecule has 0 unspecified atom stereocenters. The zero-order valence-electron chi connectivity index (χ0n) is 16.9. The van der Waals surface area contributed by atoms with Crippen LogP contribution in [-0.2, 0) is 23.9 Å². The lowest BCUT2D eigenvalue weighted by Crippen LogP contribution is -2.39. The molecule has 160 valence electrons. The molecular weight excluding hydrogens is 402 g/mol. The van der Waals surface area contributed by atoms with Gasteiger partial charge in [-0.15, -0.1) is 0 Å². The van der Waals surface area contributed by atoms with E-state index in [1.165, 1.54) is 29.2 Å². The summed E-state index contributed by atoms with van der Waals surface area (Å²) in [6.45, 7) is 0.950. The highest BCUT2D eigenvalue weighted by Crippen LogP contribution is 2.15. The SMILES string of the molecule is CCOC(=O)CN(C(=O)COC(=O)c1ccc(NC(=O)CC#N)cc1)c1ccccc1. The lowest BCUT2D eigenvalue weighted by atomic mass is 10.2. The number of nitrogens with one attached hydrogen (secondary N) is 1. The highest BCUT2D eigenvalue weighted by Gasteiger charge is 2.21. The lowest BCUT2D eigenvalue weighted by Gasteiger charge is -2.21. The van der Waals surface area contributed by atoms with E-state index in [-0.39, 0.29) is 25.1 Å². The van der Waals surface area contributed by atoms with Crippen molar-refractivity contribution in [1.82, 2.24) is 0 Å². The second-order valence-corrected chi connectivity index (χ2v) is 6.16. The summed E-state index contributed by atoms with van der Waals surface area (Å²) in [4.78, 5) is 49.3. The van der Waals surface area contributed by atoms with E-state index in [9.17, 15) is 19.2 Å². The fourth-order valence-electron chi connectivity index (χ4n) is 2.52. The standard InChI is InChI=1S/C22H21N3O6/c1-2-30-21(28)14-25(18-6-4-3-5-7-18)20(27)15-31-22(29)16-8-10-17(11-9-16)24-19(26)12-13-23/h3-11H,2,12,14-15H2,1H3,(H,24,26). The van der Waals surface area contributed by atoms with E-state index in [1.54, 1.807) is 43.3 Å². The van der Waals surface area contributed by atoms with Crippen LogP contribution in [0.5, 0.6) is 0 Å². The summed E-state index contributed by atoms with van der Waals surface area (Å²) in [5, 5.41) is 11.0. The largest absolute Gasteiger partial charge is 0.465 e.